The average Bonchev–Trinajstić information content (AvgIpc) is 3.30. The number of benzene rings is 2. The van der Waals surface area contributed by atoms with Crippen LogP contribution in [0.1, 0.15) is 17.5 Å². The highest BCUT2D eigenvalue weighted by Gasteiger charge is 2.33. The average molecular weight is 410 g/mol. The summed E-state index contributed by atoms with van der Waals surface area (Å²) in [5.74, 6) is -0.252. The fourth-order valence-corrected chi connectivity index (χ4v) is 4.07. The molecule has 0 aliphatic carbocycles. The van der Waals surface area contributed by atoms with Crippen LogP contribution in [0, 0.1) is 5.92 Å². The highest BCUT2D eigenvalue weighted by Crippen LogP contribution is 2.24. The molecule has 150 valence electrons. The quantitative estimate of drug-likeness (QED) is 0.626. The molecule has 1 aliphatic rings. The molecule has 1 unspecified atom stereocenters. The lowest BCUT2D eigenvalue weighted by atomic mass is 10.1. The largest absolute Gasteiger partial charge is 0.361 e. The first-order chi connectivity index (χ1) is 14.1. The fourth-order valence-electron chi connectivity index (χ4n) is 3.90. The molecule has 2 aromatic carbocycles. The summed E-state index contributed by atoms with van der Waals surface area (Å²) in [5, 5.41) is 4.76. The lowest BCUT2D eigenvalue weighted by Gasteiger charge is -2.16. The number of aromatic amines is 1. The van der Waals surface area contributed by atoms with Gasteiger partial charge in [0, 0.05) is 48.2 Å². The van der Waals surface area contributed by atoms with E-state index in [4.69, 9.17) is 11.6 Å². The van der Waals surface area contributed by atoms with Crippen LogP contribution >= 0.6 is 11.6 Å². The van der Waals surface area contributed by atoms with Gasteiger partial charge in [-0.2, -0.15) is 0 Å². The van der Waals surface area contributed by atoms with Crippen molar-refractivity contribution in [3.63, 3.8) is 0 Å². The number of likely N-dealkylation sites (tertiary alicyclic amines) is 1. The van der Waals surface area contributed by atoms with Crippen LogP contribution in [-0.2, 0) is 22.4 Å². The van der Waals surface area contributed by atoms with Crippen molar-refractivity contribution in [3.8, 4) is 0 Å². The summed E-state index contributed by atoms with van der Waals surface area (Å²) in [5.41, 5.74) is 3.36. The molecule has 0 spiro atoms. The minimum Gasteiger partial charge on any atom is -0.361 e. The second-order valence-corrected chi connectivity index (χ2v) is 7.96. The van der Waals surface area contributed by atoms with E-state index >= 15 is 0 Å². The Labute approximate surface area is 175 Å². The third kappa shape index (κ3) is 4.62. The molecule has 5 nitrogen and oxygen atoms in total. The van der Waals surface area contributed by atoms with Crippen LogP contribution in [-0.4, -0.2) is 41.3 Å². The molecule has 0 radical (unpaired) electrons. The van der Waals surface area contributed by atoms with Crippen LogP contribution < -0.4 is 5.32 Å². The number of nitrogens with zero attached hydrogens (tertiary/aromatic N) is 1. The van der Waals surface area contributed by atoms with Crippen molar-refractivity contribution in [1.29, 1.82) is 0 Å². The molecule has 1 saturated heterocycles. The van der Waals surface area contributed by atoms with Crippen LogP contribution in [0.4, 0.5) is 0 Å². The molecule has 2 heterocycles. The topological polar surface area (TPSA) is 65.2 Å². The first-order valence-corrected chi connectivity index (χ1v) is 10.3. The standard InChI is InChI=1S/C23H24ClN3O2/c24-19-6-7-21-20(13-19)17(14-26-21)9-11-27-15-18(12-22(27)28)23(29)25-10-8-16-4-2-1-3-5-16/h1-7,13-14,18,26H,8-12,15H2,(H,25,29). The third-order valence-corrected chi connectivity index (χ3v) is 5.76. The fraction of sp³-hybridized carbons (Fsp3) is 0.304. The maximum Gasteiger partial charge on any atom is 0.225 e. The second kappa shape index (κ2) is 8.70. The highest BCUT2D eigenvalue weighted by molar-refractivity contribution is 6.31. The minimum absolute atomic E-state index is 0.0318. The zero-order valence-corrected chi connectivity index (χ0v) is 16.9. The van der Waals surface area contributed by atoms with E-state index in [2.05, 4.69) is 10.3 Å². The Hall–Kier alpha value is -2.79. The van der Waals surface area contributed by atoms with Crippen molar-refractivity contribution in [1.82, 2.24) is 15.2 Å². The number of nitrogens with one attached hydrogen (secondary N) is 2. The summed E-state index contributed by atoms with van der Waals surface area (Å²) in [6.07, 6.45) is 3.78. The van der Waals surface area contributed by atoms with Gasteiger partial charge in [0.05, 0.1) is 5.92 Å². The van der Waals surface area contributed by atoms with Gasteiger partial charge in [-0.3, -0.25) is 9.59 Å². The Kier molecular flexibility index (Phi) is 5.86. The van der Waals surface area contributed by atoms with Gasteiger partial charge in [-0.15, -0.1) is 0 Å². The van der Waals surface area contributed by atoms with Crippen LogP contribution in [0.15, 0.2) is 54.7 Å². The molecule has 1 aromatic heterocycles. The van der Waals surface area contributed by atoms with Crippen LogP contribution in [0.3, 0.4) is 0 Å². The van der Waals surface area contributed by atoms with Gasteiger partial charge >= 0.3 is 0 Å². The number of fused-ring (bicyclic) bond motifs is 1. The molecule has 1 fully saturated rings. The summed E-state index contributed by atoms with van der Waals surface area (Å²) >= 11 is 6.11. The first-order valence-electron chi connectivity index (χ1n) is 9.95. The Morgan fingerprint density at radius 3 is 2.83 bits per heavy atom. The first kappa shape index (κ1) is 19.5. The van der Waals surface area contributed by atoms with Gasteiger partial charge < -0.3 is 15.2 Å². The maximum atomic E-state index is 12.5. The molecule has 2 amide bonds. The van der Waals surface area contributed by atoms with Crippen molar-refractivity contribution in [3.05, 3.63) is 70.9 Å². The van der Waals surface area contributed by atoms with Crippen molar-refractivity contribution in [2.24, 2.45) is 5.92 Å². The van der Waals surface area contributed by atoms with Crippen molar-refractivity contribution in [2.45, 2.75) is 19.3 Å². The van der Waals surface area contributed by atoms with E-state index < -0.39 is 0 Å². The molecule has 0 bridgehead atoms. The predicted molar refractivity (Wildman–Crippen MR) is 115 cm³/mol. The SMILES string of the molecule is O=C(NCCc1ccccc1)C1CC(=O)N(CCc2c[nH]c3ccc(Cl)cc23)C1. The predicted octanol–water partition coefficient (Wildman–Crippen LogP) is 3.57. The summed E-state index contributed by atoms with van der Waals surface area (Å²) in [4.78, 5) is 29.9. The Morgan fingerprint density at radius 2 is 2.00 bits per heavy atom. The van der Waals surface area contributed by atoms with E-state index in [-0.39, 0.29) is 24.2 Å². The molecule has 2 N–H and O–H groups in total. The van der Waals surface area contributed by atoms with E-state index in [1.54, 1.807) is 4.90 Å². The van der Waals surface area contributed by atoms with E-state index in [1.165, 1.54) is 5.56 Å². The van der Waals surface area contributed by atoms with Crippen LogP contribution in [0.25, 0.3) is 10.9 Å². The third-order valence-electron chi connectivity index (χ3n) is 5.52. The van der Waals surface area contributed by atoms with E-state index in [1.807, 2.05) is 54.7 Å². The van der Waals surface area contributed by atoms with E-state index in [9.17, 15) is 9.59 Å². The molecule has 0 saturated carbocycles. The number of H-pyrrole nitrogens is 1. The van der Waals surface area contributed by atoms with Crippen LogP contribution in [0.2, 0.25) is 5.02 Å². The normalized spacial score (nSPS) is 16.5. The van der Waals surface area contributed by atoms with E-state index in [0.717, 1.165) is 29.3 Å². The summed E-state index contributed by atoms with van der Waals surface area (Å²) in [6.45, 7) is 1.68. The molecule has 6 heteroatoms. The Morgan fingerprint density at radius 1 is 1.17 bits per heavy atom. The van der Waals surface area contributed by atoms with Gasteiger partial charge in [-0.25, -0.2) is 0 Å². The maximum absolute atomic E-state index is 12.5. The van der Waals surface area contributed by atoms with Crippen molar-refractivity contribution < 1.29 is 9.59 Å². The zero-order chi connectivity index (χ0) is 20.2. The lowest BCUT2D eigenvalue weighted by molar-refractivity contribution is -0.129. The monoisotopic (exact) mass is 409 g/mol. The lowest BCUT2D eigenvalue weighted by Crippen LogP contribution is -2.34. The Balaban J connectivity index is 1.28. The van der Waals surface area contributed by atoms with Gasteiger partial charge in [-0.1, -0.05) is 41.9 Å². The number of halogens is 1. The van der Waals surface area contributed by atoms with Crippen LogP contribution in [0.5, 0.6) is 0 Å². The Bertz CT molecular complexity index is 1020. The molecular formula is C23H24ClN3O2. The molecule has 3 aromatic rings. The molecule has 1 atom stereocenters. The number of hydrogen-bond donors (Lipinski definition) is 2. The number of hydrogen-bond acceptors (Lipinski definition) is 2. The highest BCUT2D eigenvalue weighted by atomic mass is 35.5. The van der Waals surface area contributed by atoms with Gasteiger partial charge in [0.2, 0.25) is 11.8 Å². The summed E-state index contributed by atoms with van der Waals surface area (Å²) in [6, 6.07) is 15.8. The van der Waals surface area contributed by atoms with E-state index in [0.29, 0.717) is 24.7 Å². The number of carbonyl (C=O) groups excluding carboxylic acids is 2. The van der Waals surface area contributed by atoms with Gasteiger partial charge in [0.15, 0.2) is 0 Å². The van der Waals surface area contributed by atoms with Gasteiger partial charge in [-0.05, 0) is 42.2 Å². The summed E-state index contributed by atoms with van der Waals surface area (Å²) < 4.78 is 0. The molecule has 1 aliphatic heterocycles. The minimum atomic E-state index is -0.268. The van der Waals surface area contributed by atoms with Crippen molar-refractivity contribution in [2.75, 3.05) is 19.6 Å². The number of aromatic nitrogens is 1. The zero-order valence-electron chi connectivity index (χ0n) is 16.2. The van der Waals surface area contributed by atoms with Gasteiger partial charge in [0.25, 0.3) is 0 Å². The number of rotatable bonds is 7. The van der Waals surface area contributed by atoms with Crippen molar-refractivity contribution >= 4 is 34.3 Å². The molecule has 4 rings (SSSR count). The number of carbonyl (C=O) groups is 2. The molecule has 29 heavy (non-hydrogen) atoms. The second-order valence-electron chi connectivity index (χ2n) is 7.52. The summed E-state index contributed by atoms with van der Waals surface area (Å²) in [7, 11) is 0. The number of amides is 2. The van der Waals surface area contributed by atoms with Gasteiger partial charge in [0.1, 0.15) is 0 Å². The molecular weight excluding hydrogens is 386 g/mol. The smallest absolute Gasteiger partial charge is 0.225 e.